The number of nitrogens with zero attached hydrogens (tertiary/aromatic N) is 1. The van der Waals surface area contributed by atoms with Gasteiger partial charge in [-0.3, -0.25) is 4.79 Å². The summed E-state index contributed by atoms with van der Waals surface area (Å²) in [6.45, 7) is 3.09. The van der Waals surface area contributed by atoms with Gasteiger partial charge in [0.25, 0.3) is 0 Å². The van der Waals surface area contributed by atoms with Crippen molar-refractivity contribution in [1.82, 2.24) is 9.62 Å². The van der Waals surface area contributed by atoms with Crippen LogP contribution in [0.5, 0.6) is 0 Å². The lowest BCUT2D eigenvalue weighted by Gasteiger charge is -2.38. The first-order valence-corrected chi connectivity index (χ1v) is 15.3. The summed E-state index contributed by atoms with van der Waals surface area (Å²) in [6, 6.07) is 25.2. The number of benzene rings is 3. The van der Waals surface area contributed by atoms with Crippen molar-refractivity contribution in [1.29, 1.82) is 0 Å². The van der Waals surface area contributed by atoms with Gasteiger partial charge >= 0.3 is 0 Å². The minimum atomic E-state index is -3.66. The summed E-state index contributed by atoms with van der Waals surface area (Å²) in [5.74, 6) is 0.342. The van der Waals surface area contributed by atoms with Gasteiger partial charge in [-0.2, -0.15) is 4.31 Å². The van der Waals surface area contributed by atoms with Crippen LogP contribution >= 0.6 is 0 Å². The monoisotopic (exact) mass is 530 g/mol. The van der Waals surface area contributed by atoms with Crippen molar-refractivity contribution in [2.75, 3.05) is 6.54 Å². The van der Waals surface area contributed by atoms with Crippen molar-refractivity contribution >= 4 is 15.9 Å². The van der Waals surface area contributed by atoms with E-state index in [1.807, 2.05) is 18.2 Å². The topological polar surface area (TPSA) is 66.5 Å². The van der Waals surface area contributed by atoms with Crippen LogP contribution in [0.1, 0.15) is 66.8 Å². The van der Waals surface area contributed by atoms with Crippen LogP contribution in [-0.4, -0.2) is 25.2 Å². The Bertz CT molecular complexity index is 1330. The lowest BCUT2D eigenvalue weighted by Crippen LogP contribution is -2.41. The fraction of sp³-hybridized carbons (Fsp3) is 0.406. The van der Waals surface area contributed by atoms with E-state index in [1.54, 1.807) is 28.6 Å². The van der Waals surface area contributed by atoms with Crippen LogP contribution in [0.4, 0.5) is 0 Å². The first-order chi connectivity index (χ1) is 18.4. The van der Waals surface area contributed by atoms with Gasteiger partial charge in [0.1, 0.15) is 0 Å². The summed E-state index contributed by atoms with van der Waals surface area (Å²) >= 11 is 0. The molecule has 3 aromatic carbocycles. The molecule has 0 heterocycles. The number of sulfonamides is 1. The van der Waals surface area contributed by atoms with Crippen molar-refractivity contribution in [2.24, 2.45) is 11.8 Å². The van der Waals surface area contributed by atoms with E-state index in [0.29, 0.717) is 18.0 Å². The number of fused-ring (bicyclic) bond motifs is 1. The maximum absolute atomic E-state index is 14.0. The molecule has 0 spiro atoms. The number of hydrogen-bond acceptors (Lipinski definition) is 3. The predicted molar refractivity (Wildman–Crippen MR) is 151 cm³/mol. The number of hydrogen-bond donors (Lipinski definition) is 1. The largest absolute Gasteiger partial charge is 0.352 e. The minimum absolute atomic E-state index is 0.00807. The molecule has 0 saturated heterocycles. The predicted octanol–water partition coefficient (Wildman–Crippen LogP) is 6.19. The van der Waals surface area contributed by atoms with Crippen LogP contribution in [0.25, 0.3) is 0 Å². The van der Waals surface area contributed by atoms with E-state index in [-0.39, 0.29) is 23.8 Å². The van der Waals surface area contributed by atoms with Gasteiger partial charge in [-0.25, -0.2) is 8.42 Å². The number of aryl methyl sites for hydroxylation is 2. The molecule has 1 saturated carbocycles. The van der Waals surface area contributed by atoms with Crippen LogP contribution in [0, 0.1) is 18.8 Å². The molecular formula is C32H38N2O3S. The smallest absolute Gasteiger partial charge is 0.243 e. The summed E-state index contributed by atoms with van der Waals surface area (Å²) in [5.41, 5.74) is 4.71. The van der Waals surface area contributed by atoms with Gasteiger partial charge in [0.15, 0.2) is 0 Å². The molecule has 38 heavy (non-hydrogen) atoms. The SMILES string of the molecule is Cc1ccc(CNC(=O)C2CCC(CN([C@H]3CCCc4ccccc43)S(=O)(=O)c3ccccc3)CC2)cc1. The summed E-state index contributed by atoms with van der Waals surface area (Å²) in [4.78, 5) is 13.2. The Balaban J connectivity index is 1.28. The van der Waals surface area contributed by atoms with Gasteiger partial charge in [-0.05, 0) is 86.6 Å². The molecular weight excluding hydrogens is 492 g/mol. The van der Waals surface area contributed by atoms with E-state index in [9.17, 15) is 13.2 Å². The van der Waals surface area contributed by atoms with Gasteiger partial charge in [0.2, 0.25) is 15.9 Å². The molecule has 5 rings (SSSR count). The Hall–Kier alpha value is -2.96. The summed E-state index contributed by atoms with van der Waals surface area (Å²) in [7, 11) is -3.66. The summed E-state index contributed by atoms with van der Waals surface area (Å²) in [6.07, 6.45) is 6.12. The Morgan fingerprint density at radius 2 is 1.55 bits per heavy atom. The number of nitrogens with one attached hydrogen (secondary N) is 1. The highest BCUT2D eigenvalue weighted by atomic mass is 32.2. The van der Waals surface area contributed by atoms with Crippen molar-refractivity contribution < 1.29 is 13.2 Å². The second kappa shape index (κ2) is 11.8. The number of carbonyl (C=O) groups is 1. The number of carbonyl (C=O) groups excluding carboxylic acids is 1. The van der Waals surface area contributed by atoms with Gasteiger partial charge in [0, 0.05) is 19.0 Å². The average molecular weight is 531 g/mol. The second-order valence-corrected chi connectivity index (χ2v) is 12.8. The molecule has 3 aromatic rings. The van der Waals surface area contributed by atoms with E-state index >= 15 is 0 Å². The fourth-order valence-electron chi connectivity index (χ4n) is 6.05. The molecule has 2 aliphatic carbocycles. The van der Waals surface area contributed by atoms with Crippen molar-refractivity contribution in [3.8, 4) is 0 Å². The third-order valence-corrected chi connectivity index (χ3v) is 10.2. The molecule has 1 amide bonds. The first-order valence-electron chi connectivity index (χ1n) is 13.9. The van der Waals surface area contributed by atoms with Crippen molar-refractivity contribution in [3.05, 3.63) is 101 Å². The van der Waals surface area contributed by atoms with Crippen molar-refractivity contribution in [2.45, 2.75) is 69.4 Å². The van der Waals surface area contributed by atoms with E-state index in [4.69, 9.17) is 0 Å². The molecule has 0 aliphatic heterocycles. The van der Waals surface area contributed by atoms with Crippen molar-refractivity contribution in [3.63, 3.8) is 0 Å². The first kappa shape index (κ1) is 26.6. The Morgan fingerprint density at radius 3 is 2.29 bits per heavy atom. The van der Waals surface area contributed by atoms with E-state index in [0.717, 1.165) is 56.1 Å². The van der Waals surface area contributed by atoms with Crippen LogP contribution in [0.15, 0.2) is 83.8 Å². The van der Waals surface area contributed by atoms with Crippen LogP contribution < -0.4 is 5.32 Å². The molecule has 200 valence electrons. The van der Waals surface area contributed by atoms with Crippen LogP contribution in [-0.2, 0) is 27.8 Å². The maximum atomic E-state index is 14.0. The van der Waals surface area contributed by atoms with Gasteiger partial charge in [-0.1, -0.05) is 72.3 Å². The summed E-state index contributed by atoms with van der Waals surface area (Å²) in [5, 5.41) is 3.11. The standard InChI is InChI=1S/C32H38N2O3S/c1-24-14-16-25(17-15-24)22-33-32(35)28-20-18-26(19-21-28)23-34(38(36,37)29-10-3-2-4-11-29)31-13-7-9-27-8-5-6-12-30(27)31/h2-6,8,10-12,14-17,26,28,31H,7,9,13,18-23H2,1H3,(H,33,35)/t26?,28?,31-/m0/s1. The Kier molecular flexibility index (Phi) is 8.29. The zero-order valence-electron chi connectivity index (χ0n) is 22.2. The molecule has 2 aliphatic rings. The highest BCUT2D eigenvalue weighted by Crippen LogP contribution is 2.40. The lowest BCUT2D eigenvalue weighted by atomic mass is 9.81. The van der Waals surface area contributed by atoms with Gasteiger partial charge in [-0.15, -0.1) is 0 Å². The minimum Gasteiger partial charge on any atom is -0.352 e. The van der Waals surface area contributed by atoms with Gasteiger partial charge < -0.3 is 5.32 Å². The lowest BCUT2D eigenvalue weighted by molar-refractivity contribution is -0.126. The summed E-state index contributed by atoms with van der Waals surface area (Å²) < 4.78 is 29.8. The molecule has 0 aromatic heterocycles. The third kappa shape index (κ3) is 6.02. The highest BCUT2D eigenvalue weighted by molar-refractivity contribution is 7.89. The van der Waals surface area contributed by atoms with Crippen LogP contribution in [0.3, 0.4) is 0 Å². The normalized spacial score (nSPS) is 21.6. The zero-order valence-corrected chi connectivity index (χ0v) is 23.0. The molecule has 0 bridgehead atoms. The van der Waals surface area contributed by atoms with E-state index in [1.165, 1.54) is 11.1 Å². The molecule has 0 radical (unpaired) electrons. The number of rotatable bonds is 8. The molecule has 1 atom stereocenters. The average Bonchev–Trinajstić information content (AvgIpc) is 2.96. The molecule has 0 unspecified atom stereocenters. The highest BCUT2D eigenvalue weighted by Gasteiger charge is 2.37. The van der Waals surface area contributed by atoms with E-state index in [2.05, 4.69) is 48.6 Å². The molecule has 1 N–H and O–H groups in total. The van der Waals surface area contributed by atoms with Crippen LogP contribution in [0.2, 0.25) is 0 Å². The molecule has 1 fully saturated rings. The number of amides is 1. The fourth-order valence-corrected chi connectivity index (χ4v) is 7.78. The zero-order chi connectivity index (χ0) is 26.5. The molecule has 6 heteroatoms. The van der Waals surface area contributed by atoms with E-state index < -0.39 is 10.0 Å². The maximum Gasteiger partial charge on any atom is 0.243 e. The third-order valence-electron chi connectivity index (χ3n) is 8.28. The quantitative estimate of drug-likeness (QED) is 0.378. The van der Waals surface area contributed by atoms with Gasteiger partial charge in [0.05, 0.1) is 10.9 Å². The molecule has 5 nitrogen and oxygen atoms in total. The Morgan fingerprint density at radius 1 is 0.868 bits per heavy atom. The Labute approximate surface area is 227 Å². The second-order valence-electron chi connectivity index (χ2n) is 10.9.